The Kier molecular flexibility index (Phi) is 58.2. The number of allylic oxidation sites excluding steroid dienone is 6. The molecule has 6 heteroatoms. The fourth-order valence-corrected chi connectivity index (χ4v) is 9.35. The van der Waals surface area contributed by atoms with Gasteiger partial charge in [-0.1, -0.05) is 282 Å². The summed E-state index contributed by atoms with van der Waals surface area (Å²) in [4.78, 5) is 38.2. The van der Waals surface area contributed by atoms with Crippen LogP contribution in [0.2, 0.25) is 0 Å². The topological polar surface area (TPSA) is 78.9 Å². The molecule has 6 nitrogen and oxygen atoms in total. The summed E-state index contributed by atoms with van der Waals surface area (Å²) >= 11 is 0. The monoisotopic (exact) mass is 997 g/mol. The highest BCUT2D eigenvalue weighted by molar-refractivity contribution is 5.71. The summed E-state index contributed by atoms with van der Waals surface area (Å²) in [7, 11) is 0. The van der Waals surface area contributed by atoms with Gasteiger partial charge in [0.1, 0.15) is 13.2 Å². The van der Waals surface area contributed by atoms with Crippen LogP contribution in [-0.4, -0.2) is 37.2 Å². The van der Waals surface area contributed by atoms with Gasteiger partial charge in [0.2, 0.25) is 0 Å². The summed E-state index contributed by atoms with van der Waals surface area (Å²) in [5.74, 6) is -0.855. The molecular weight excluding hydrogens is 877 g/mol. The third kappa shape index (κ3) is 58.4. The number of carbonyl (C=O) groups is 3. The predicted molar refractivity (Wildman–Crippen MR) is 307 cm³/mol. The minimum Gasteiger partial charge on any atom is -0.462 e. The van der Waals surface area contributed by atoms with E-state index >= 15 is 0 Å². The van der Waals surface area contributed by atoms with Crippen LogP contribution in [0.25, 0.3) is 0 Å². The Balaban J connectivity index is 4.28. The first-order valence-corrected chi connectivity index (χ1v) is 31.5. The van der Waals surface area contributed by atoms with Crippen LogP contribution in [0.1, 0.15) is 342 Å². The summed E-state index contributed by atoms with van der Waals surface area (Å²) in [6.07, 6.45) is 72.8. The Bertz CT molecular complexity index is 1190. The Hall–Kier alpha value is -2.37. The highest BCUT2D eigenvalue weighted by atomic mass is 16.6. The number of hydrogen-bond donors (Lipinski definition) is 0. The van der Waals surface area contributed by atoms with Gasteiger partial charge >= 0.3 is 17.9 Å². The van der Waals surface area contributed by atoms with Crippen molar-refractivity contribution < 1.29 is 28.6 Å². The summed E-state index contributed by atoms with van der Waals surface area (Å²) in [5.41, 5.74) is 0. The van der Waals surface area contributed by atoms with Crippen LogP contribution < -0.4 is 0 Å². The maximum absolute atomic E-state index is 12.9. The van der Waals surface area contributed by atoms with Crippen LogP contribution in [0.4, 0.5) is 0 Å². The second kappa shape index (κ2) is 60.2. The Labute approximate surface area is 442 Å². The second-order valence-corrected chi connectivity index (χ2v) is 21.3. The lowest BCUT2D eigenvalue weighted by Gasteiger charge is -2.18. The maximum atomic E-state index is 12.9. The fraction of sp³-hybridized carbons (Fsp3) is 0.862. The van der Waals surface area contributed by atoms with Crippen LogP contribution in [-0.2, 0) is 28.6 Å². The minimum atomic E-state index is -0.772. The average Bonchev–Trinajstić information content (AvgIpc) is 3.37. The minimum absolute atomic E-state index is 0.0701. The van der Waals surface area contributed by atoms with Crippen LogP contribution in [0.15, 0.2) is 36.5 Å². The molecule has 1 unspecified atom stereocenters. The molecule has 0 aromatic carbocycles. The van der Waals surface area contributed by atoms with E-state index in [1.165, 1.54) is 238 Å². The molecule has 0 saturated carbocycles. The van der Waals surface area contributed by atoms with Gasteiger partial charge in [0.25, 0.3) is 0 Å². The molecule has 0 aliphatic carbocycles. The van der Waals surface area contributed by atoms with Gasteiger partial charge in [0.15, 0.2) is 6.10 Å². The molecule has 0 fully saturated rings. The third-order valence-corrected chi connectivity index (χ3v) is 14.1. The van der Waals surface area contributed by atoms with E-state index in [0.29, 0.717) is 19.3 Å². The van der Waals surface area contributed by atoms with Gasteiger partial charge < -0.3 is 14.2 Å². The molecule has 0 aliphatic heterocycles. The van der Waals surface area contributed by atoms with E-state index in [-0.39, 0.29) is 31.1 Å². The van der Waals surface area contributed by atoms with Crippen molar-refractivity contribution in [2.45, 2.75) is 348 Å². The van der Waals surface area contributed by atoms with Gasteiger partial charge in [0, 0.05) is 19.3 Å². The summed E-state index contributed by atoms with van der Waals surface area (Å²) in [5, 5.41) is 0. The van der Waals surface area contributed by atoms with Crippen molar-refractivity contribution in [3.63, 3.8) is 0 Å². The van der Waals surface area contributed by atoms with Crippen molar-refractivity contribution in [1.82, 2.24) is 0 Å². The van der Waals surface area contributed by atoms with Gasteiger partial charge in [-0.25, -0.2) is 0 Å². The van der Waals surface area contributed by atoms with Crippen molar-refractivity contribution in [3.8, 4) is 0 Å². The number of esters is 3. The van der Waals surface area contributed by atoms with Crippen molar-refractivity contribution in [2.24, 2.45) is 0 Å². The van der Waals surface area contributed by atoms with E-state index in [1.807, 2.05) is 0 Å². The molecule has 416 valence electrons. The molecule has 0 heterocycles. The van der Waals surface area contributed by atoms with Crippen LogP contribution in [0, 0.1) is 0 Å². The zero-order chi connectivity index (χ0) is 51.4. The third-order valence-electron chi connectivity index (χ3n) is 14.1. The molecule has 71 heavy (non-hydrogen) atoms. The number of unbranched alkanes of at least 4 members (excludes halogenated alkanes) is 41. The highest BCUT2D eigenvalue weighted by Gasteiger charge is 2.19. The zero-order valence-corrected chi connectivity index (χ0v) is 47.8. The fourth-order valence-electron chi connectivity index (χ4n) is 9.35. The van der Waals surface area contributed by atoms with Crippen molar-refractivity contribution in [3.05, 3.63) is 36.5 Å². The molecule has 1 atom stereocenters. The summed E-state index contributed by atoms with van der Waals surface area (Å²) < 4.78 is 16.9. The van der Waals surface area contributed by atoms with E-state index in [0.717, 1.165) is 64.2 Å². The Morgan fingerprint density at radius 1 is 0.282 bits per heavy atom. The lowest BCUT2D eigenvalue weighted by atomic mass is 10.0. The quantitative estimate of drug-likeness (QED) is 0.0261. The van der Waals surface area contributed by atoms with E-state index in [1.54, 1.807) is 0 Å². The van der Waals surface area contributed by atoms with E-state index in [2.05, 4.69) is 57.2 Å². The van der Waals surface area contributed by atoms with Gasteiger partial charge in [-0.05, 0) is 77.0 Å². The van der Waals surface area contributed by atoms with Crippen LogP contribution in [0.3, 0.4) is 0 Å². The molecule has 0 aliphatic rings. The summed E-state index contributed by atoms with van der Waals surface area (Å²) in [6.45, 7) is 6.67. The lowest BCUT2D eigenvalue weighted by Crippen LogP contribution is -2.30. The van der Waals surface area contributed by atoms with Crippen LogP contribution >= 0.6 is 0 Å². The molecule has 0 aromatic rings. The van der Waals surface area contributed by atoms with Gasteiger partial charge in [-0.15, -0.1) is 0 Å². The standard InChI is InChI=1S/C65H120O6/c1-4-7-10-13-16-19-22-25-27-29-30-31-32-33-34-36-37-40-43-46-49-52-55-58-64(67)70-61-62(60-69-63(66)57-54-51-48-45-42-39-24-21-18-15-12-9-6-3)71-65(68)59-56-53-50-47-44-41-38-35-28-26-23-20-17-14-11-8-5-2/h22,25-26,28-30,62H,4-21,23-24,27,31-61H2,1-3H3/b25-22-,28-26-,30-29-. The number of hydrogen-bond acceptors (Lipinski definition) is 6. The van der Waals surface area contributed by atoms with E-state index in [4.69, 9.17) is 14.2 Å². The Morgan fingerprint density at radius 3 is 0.789 bits per heavy atom. The Morgan fingerprint density at radius 2 is 0.507 bits per heavy atom. The van der Waals surface area contributed by atoms with Gasteiger partial charge in [-0.2, -0.15) is 0 Å². The van der Waals surface area contributed by atoms with Gasteiger partial charge in [0.05, 0.1) is 0 Å². The first kappa shape index (κ1) is 68.6. The largest absolute Gasteiger partial charge is 0.462 e. The van der Waals surface area contributed by atoms with E-state index < -0.39 is 6.10 Å². The molecule has 0 N–H and O–H groups in total. The van der Waals surface area contributed by atoms with Crippen LogP contribution in [0.5, 0.6) is 0 Å². The van der Waals surface area contributed by atoms with Crippen molar-refractivity contribution >= 4 is 17.9 Å². The molecule has 0 bridgehead atoms. The average molecular weight is 998 g/mol. The molecule has 0 aromatic heterocycles. The van der Waals surface area contributed by atoms with Crippen molar-refractivity contribution in [2.75, 3.05) is 13.2 Å². The predicted octanol–water partition coefficient (Wildman–Crippen LogP) is 21.2. The number of carbonyl (C=O) groups excluding carboxylic acids is 3. The lowest BCUT2D eigenvalue weighted by molar-refractivity contribution is -0.167. The number of rotatable bonds is 58. The highest BCUT2D eigenvalue weighted by Crippen LogP contribution is 2.17. The zero-order valence-electron chi connectivity index (χ0n) is 47.8. The SMILES string of the molecule is CCCCCCC/C=C\C/C=C\CCCCCCCCCCCCCC(=O)OCC(COC(=O)CCCCCCCCCCCCCCC)OC(=O)CCCCCCCCC/C=C\CCCCCCCC. The molecule has 0 rings (SSSR count). The normalized spacial score (nSPS) is 12.2. The summed E-state index contributed by atoms with van der Waals surface area (Å²) in [6, 6.07) is 0. The first-order chi connectivity index (χ1) is 35.0. The smallest absolute Gasteiger partial charge is 0.306 e. The molecule has 0 amide bonds. The first-order valence-electron chi connectivity index (χ1n) is 31.5. The van der Waals surface area contributed by atoms with Gasteiger partial charge in [-0.3, -0.25) is 14.4 Å². The maximum Gasteiger partial charge on any atom is 0.306 e. The van der Waals surface area contributed by atoms with E-state index in [9.17, 15) is 14.4 Å². The molecule has 0 saturated heterocycles. The number of ether oxygens (including phenoxy) is 3. The molecule has 0 radical (unpaired) electrons. The second-order valence-electron chi connectivity index (χ2n) is 21.3. The molecule has 0 spiro atoms. The van der Waals surface area contributed by atoms with Crippen molar-refractivity contribution in [1.29, 1.82) is 0 Å². The molecular formula is C65H120O6.